The molecule has 5 heteroatoms. The van der Waals surface area contributed by atoms with Crippen LogP contribution in [-0.2, 0) is 6.42 Å². The summed E-state index contributed by atoms with van der Waals surface area (Å²) in [6.45, 7) is 3.16. The van der Waals surface area contributed by atoms with Crippen LogP contribution in [0.25, 0.3) is 0 Å². The molecule has 1 atom stereocenters. The normalized spacial score (nSPS) is 11.9. The fourth-order valence-electron chi connectivity index (χ4n) is 1.85. The molecule has 0 bridgehead atoms. The van der Waals surface area contributed by atoms with Gasteiger partial charge in [-0.1, -0.05) is 6.92 Å². The van der Waals surface area contributed by atoms with Gasteiger partial charge in [-0.3, -0.25) is 4.98 Å². The van der Waals surface area contributed by atoms with Crippen LogP contribution in [0.2, 0.25) is 0 Å². The first-order valence-corrected chi connectivity index (χ1v) is 7.09. The number of nitrogens with zero attached hydrogens (tertiary/aromatic N) is 1. The maximum Gasteiger partial charge on any atom is 0.137 e. The van der Waals surface area contributed by atoms with Crippen LogP contribution in [0.5, 0.6) is 5.75 Å². The third kappa shape index (κ3) is 4.96. The number of nitrogens with two attached hydrogens (primary N) is 2. The van der Waals surface area contributed by atoms with Crippen LogP contribution >= 0.6 is 0 Å². The van der Waals surface area contributed by atoms with Gasteiger partial charge in [0.1, 0.15) is 12.4 Å². The highest BCUT2D eigenvalue weighted by Crippen LogP contribution is 2.12. The lowest BCUT2D eigenvalue weighted by atomic mass is 10.2. The summed E-state index contributed by atoms with van der Waals surface area (Å²) >= 11 is 0. The third-order valence-electron chi connectivity index (χ3n) is 3.12. The van der Waals surface area contributed by atoms with E-state index >= 15 is 0 Å². The number of anilines is 2. The Hall–Kier alpha value is -2.27. The zero-order valence-electron chi connectivity index (χ0n) is 12.3. The lowest BCUT2D eigenvalue weighted by Gasteiger charge is -2.15. The number of hydrogen-bond acceptors (Lipinski definition) is 5. The number of hydrogen-bond donors (Lipinski definition) is 3. The molecule has 1 aromatic carbocycles. The molecule has 0 aliphatic rings. The van der Waals surface area contributed by atoms with Gasteiger partial charge in [-0.05, 0) is 42.3 Å². The number of aromatic nitrogens is 1. The van der Waals surface area contributed by atoms with Crippen molar-refractivity contribution in [3.63, 3.8) is 0 Å². The van der Waals surface area contributed by atoms with E-state index in [9.17, 15) is 0 Å². The standard InChI is InChI=1S/C16H22N4O/c1-2-12-7-16(10-19-8-12)21-11-14(18)9-20-15-5-3-13(17)4-6-15/h3-8,10,14,20H,2,9,11,17-18H2,1H3/t14-/m0/s1. The van der Waals surface area contributed by atoms with Gasteiger partial charge in [-0.2, -0.15) is 0 Å². The van der Waals surface area contributed by atoms with E-state index in [4.69, 9.17) is 16.2 Å². The van der Waals surface area contributed by atoms with Crippen LogP contribution in [0, 0.1) is 0 Å². The predicted octanol–water partition coefficient (Wildman–Crippen LogP) is 2.04. The van der Waals surface area contributed by atoms with Crippen LogP contribution in [0.4, 0.5) is 11.4 Å². The molecule has 0 saturated heterocycles. The first kappa shape index (κ1) is 15.1. The number of benzene rings is 1. The Balaban J connectivity index is 1.76. The molecule has 0 aliphatic heterocycles. The number of nitrogen functional groups attached to an aromatic ring is 1. The summed E-state index contributed by atoms with van der Waals surface area (Å²) in [7, 11) is 0. The number of pyridine rings is 1. The van der Waals surface area contributed by atoms with Gasteiger partial charge in [0.2, 0.25) is 0 Å². The molecule has 0 amide bonds. The SMILES string of the molecule is CCc1cncc(OC[C@@H](N)CNc2ccc(N)cc2)c1. The zero-order valence-corrected chi connectivity index (χ0v) is 12.3. The highest BCUT2D eigenvalue weighted by Gasteiger charge is 2.04. The molecule has 0 fully saturated rings. The zero-order chi connectivity index (χ0) is 15.1. The van der Waals surface area contributed by atoms with Crippen molar-refractivity contribution >= 4 is 11.4 Å². The van der Waals surface area contributed by atoms with E-state index in [1.165, 1.54) is 0 Å². The Labute approximate surface area is 125 Å². The topological polar surface area (TPSA) is 86.2 Å². The summed E-state index contributed by atoms with van der Waals surface area (Å²) in [5, 5.41) is 3.25. The molecular formula is C16H22N4O. The molecule has 0 saturated carbocycles. The Bertz CT molecular complexity index is 556. The monoisotopic (exact) mass is 286 g/mol. The molecule has 2 rings (SSSR count). The van der Waals surface area contributed by atoms with Gasteiger partial charge < -0.3 is 21.5 Å². The second kappa shape index (κ2) is 7.50. The van der Waals surface area contributed by atoms with Crippen molar-refractivity contribution in [2.75, 3.05) is 24.2 Å². The summed E-state index contributed by atoms with van der Waals surface area (Å²) in [5.74, 6) is 0.761. The van der Waals surface area contributed by atoms with Crippen LogP contribution < -0.4 is 21.5 Å². The fraction of sp³-hybridized carbons (Fsp3) is 0.312. The second-order valence-electron chi connectivity index (χ2n) is 4.96. The summed E-state index contributed by atoms with van der Waals surface area (Å²) in [6.07, 6.45) is 4.49. The van der Waals surface area contributed by atoms with Crippen LogP contribution in [0.3, 0.4) is 0 Å². The van der Waals surface area contributed by atoms with E-state index in [0.717, 1.165) is 29.1 Å². The number of rotatable bonds is 7. The van der Waals surface area contributed by atoms with Crippen molar-refractivity contribution in [2.45, 2.75) is 19.4 Å². The highest BCUT2D eigenvalue weighted by molar-refractivity contribution is 5.51. The van der Waals surface area contributed by atoms with Crippen LogP contribution in [0.15, 0.2) is 42.7 Å². The largest absolute Gasteiger partial charge is 0.490 e. The van der Waals surface area contributed by atoms with Crippen molar-refractivity contribution in [2.24, 2.45) is 5.73 Å². The quantitative estimate of drug-likeness (QED) is 0.678. The maximum atomic E-state index is 6.04. The third-order valence-corrected chi connectivity index (χ3v) is 3.12. The van der Waals surface area contributed by atoms with Gasteiger partial charge in [-0.15, -0.1) is 0 Å². The second-order valence-corrected chi connectivity index (χ2v) is 4.96. The Morgan fingerprint density at radius 1 is 1.24 bits per heavy atom. The summed E-state index contributed by atoms with van der Waals surface area (Å²) in [6, 6.07) is 9.45. The molecule has 21 heavy (non-hydrogen) atoms. The van der Waals surface area contributed by atoms with E-state index in [1.807, 2.05) is 36.5 Å². The predicted molar refractivity (Wildman–Crippen MR) is 86.4 cm³/mol. The van der Waals surface area contributed by atoms with Crippen molar-refractivity contribution in [1.29, 1.82) is 0 Å². The minimum atomic E-state index is -0.104. The molecule has 0 radical (unpaired) electrons. The van der Waals surface area contributed by atoms with Crippen LogP contribution in [0.1, 0.15) is 12.5 Å². The van der Waals surface area contributed by atoms with Crippen molar-refractivity contribution in [1.82, 2.24) is 4.98 Å². The van der Waals surface area contributed by atoms with E-state index in [0.29, 0.717) is 13.2 Å². The average Bonchev–Trinajstić information content (AvgIpc) is 2.52. The molecule has 5 N–H and O–H groups in total. The van der Waals surface area contributed by atoms with Gasteiger partial charge >= 0.3 is 0 Å². The van der Waals surface area contributed by atoms with Gasteiger partial charge in [0.25, 0.3) is 0 Å². The van der Waals surface area contributed by atoms with E-state index in [2.05, 4.69) is 17.2 Å². The molecular weight excluding hydrogens is 264 g/mol. The highest BCUT2D eigenvalue weighted by atomic mass is 16.5. The van der Waals surface area contributed by atoms with Crippen molar-refractivity contribution < 1.29 is 4.74 Å². The first-order chi connectivity index (χ1) is 10.2. The Kier molecular flexibility index (Phi) is 5.40. The molecule has 5 nitrogen and oxygen atoms in total. The average molecular weight is 286 g/mol. The van der Waals surface area contributed by atoms with Gasteiger partial charge in [0, 0.05) is 24.1 Å². The summed E-state index contributed by atoms with van der Waals surface area (Å²) < 4.78 is 5.67. The summed E-state index contributed by atoms with van der Waals surface area (Å²) in [5.41, 5.74) is 14.6. The van der Waals surface area contributed by atoms with Gasteiger partial charge in [0.05, 0.1) is 12.2 Å². The number of ether oxygens (including phenoxy) is 1. The lowest BCUT2D eigenvalue weighted by molar-refractivity contribution is 0.291. The lowest BCUT2D eigenvalue weighted by Crippen LogP contribution is -2.35. The first-order valence-electron chi connectivity index (χ1n) is 7.09. The maximum absolute atomic E-state index is 6.04. The fourth-order valence-corrected chi connectivity index (χ4v) is 1.85. The van der Waals surface area contributed by atoms with Crippen molar-refractivity contribution in [3.05, 3.63) is 48.3 Å². The van der Waals surface area contributed by atoms with E-state index in [-0.39, 0.29) is 6.04 Å². The molecule has 112 valence electrons. The van der Waals surface area contributed by atoms with Gasteiger partial charge in [-0.25, -0.2) is 0 Å². The molecule has 1 heterocycles. The summed E-state index contributed by atoms with van der Waals surface area (Å²) in [4.78, 5) is 4.14. The van der Waals surface area contributed by atoms with Crippen LogP contribution in [-0.4, -0.2) is 24.2 Å². The smallest absolute Gasteiger partial charge is 0.137 e. The minimum absolute atomic E-state index is 0.104. The van der Waals surface area contributed by atoms with Gasteiger partial charge in [0.15, 0.2) is 0 Å². The minimum Gasteiger partial charge on any atom is -0.490 e. The van der Waals surface area contributed by atoms with Crippen molar-refractivity contribution in [3.8, 4) is 5.75 Å². The molecule has 1 aromatic heterocycles. The molecule has 0 aliphatic carbocycles. The Morgan fingerprint density at radius 2 is 2.00 bits per heavy atom. The molecule has 2 aromatic rings. The molecule has 0 spiro atoms. The Morgan fingerprint density at radius 3 is 2.71 bits per heavy atom. The number of nitrogens with one attached hydrogen (secondary N) is 1. The number of aryl methyl sites for hydroxylation is 1. The van der Waals surface area contributed by atoms with E-state index < -0.39 is 0 Å². The van der Waals surface area contributed by atoms with E-state index in [1.54, 1.807) is 6.20 Å². The molecule has 0 unspecified atom stereocenters.